The first-order chi connectivity index (χ1) is 8.11. The van der Waals surface area contributed by atoms with E-state index in [1.165, 1.54) is 24.6 Å². The lowest BCUT2D eigenvalue weighted by Crippen LogP contribution is -2.33. The molecule has 2 fully saturated rings. The Morgan fingerprint density at radius 2 is 2.24 bits per heavy atom. The van der Waals surface area contributed by atoms with E-state index >= 15 is 0 Å². The smallest absolute Gasteiger partial charge is 0.321 e. The van der Waals surface area contributed by atoms with E-state index in [0.29, 0.717) is 12.4 Å². The molecule has 0 bridgehead atoms. The maximum atomic E-state index is 10.5. The fourth-order valence-corrected chi connectivity index (χ4v) is 3.23. The van der Waals surface area contributed by atoms with Crippen LogP contribution < -0.4 is 5.73 Å². The Morgan fingerprint density at radius 1 is 1.53 bits per heavy atom. The molecule has 1 saturated carbocycles. The van der Waals surface area contributed by atoms with Gasteiger partial charge in [-0.3, -0.25) is 4.79 Å². The first kappa shape index (κ1) is 13.1. The summed E-state index contributed by atoms with van der Waals surface area (Å²) < 4.78 is 11.7. The number of carboxylic acids is 1. The van der Waals surface area contributed by atoms with Gasteiger partial charge in [0, 0.05) is 24.3 Å². The van der Waals surface area contributed by atoms with Crippen molar-refractivity contribution in [2.75, 3.05) is 18.1 Å². The van der Waals surface area contributed by atoms with Gasteiger partial charge in [0.15, 0.2) is 5.79 Å². The van der Waals surface area contributed by atoms with Crippen LogP contribution in [-0.4, -0.2) is 47.1 Å². The van der Waals surface area contributed by atoms with Crippen molar-refractivity contribution in [1.29, 1.82) is 0 Å². The minimum atomic E-state index is -0.951. The molecular formula is C11H19NO4S. The van der Waals surface area contributed by atoms with Crippen LogP contribution in [0.1, 0.15) is 25.7 Å². The van der Waals surface area contributed by atoms with E-state index in [1.54, 1.807) is 0 Å². The Bertz CT molecular complexity index is 281. The molecule has 1 spiro atoms. The monoisotopic (exact) mass is 261 g/mol. The van der Waals surface area contributed by atoms with Gasteiger partial charge in [-0.15, -0.1) is 0 Å². The average molecular weight is 261 g/mol. The zero-order chi connectivity index (χ0) is 12.3. The molecule has 1 saturated heterocycles. The molecule has 3 N–H and O–H groups in total. The molecule has 1 heterocycles. The summed E-state index contributed by atoms with van der Waals surface area (Å²) in [7, 11) is 0. The second kappa shape index (κ2) is 5.56. The van der Waals surface area contributed by atoms with E-state index < -0.39 is 12.0 Å². The molecule has 2 aliphatic rings. The molecule has 1 aliphatic heterocycles. The van der Waals surface area contributed by atoms with Gasteiger partial charge < -0.3 is 20.3 Å². The number of rotatable bonds is 5. The highest BCUT2D eigenvalue weighted by Gasteiger charge is 2.43. The minimum absolute atomic E-state index is 0.0825. The molecule has 0 amide bonds. The van der Waals surface area contributed by atoms with Gasteiger partial charge in [-0.25, -0.2) is 0 Å². The number of carboxylic acid groups (broad SMARTS) is 1. The summed E-state index contributed by atoms with van der Waals surface area (Å²) in [5.74, 6) is -0.0984. The standard InChI is InChI=1S/C11H19NO4S/c12-9(10(13)14)7-17-6-8-5-15-11(16-8)3-1-2-4-11/h8-9H,1-7,12H2,(H,13,14)/t8?,9-/m0/s1. The van der Waals surface area contributed by atoms with Crippen molar-refractivity contribution in [3.05, 3.63) is 0 Å². The van der Waals surface area contributed by atoms with Crippen LogP contribution in [0, 0.1) is 0 Å². The average Bonchev–Trinajstić information content (AvgIpc) is 2.90. The van der Waals surface area contributed by atoms with Crippen LogP contribution in [0.3, 0.4) is 0 Å². The Kier molecular flexibility index (Phi) is 4.30. The van der Waals surface area contributed by atoms with E-state index in [9.17, 15) is 4.79 Å². The van der Waals surface area contributed by atoms with E-state index in [0.717, 1.165) is 18.6 Å². The number of ether oxygens (including phenoxy) is 2. The number of hydrogen-bond acceptors (Lipinski definition) is 5. The molecule has 6 heteroatoms. The fourth-order valence-electron chi connectivity index (χ4n) is 2.27. The molecule has 2 atom stereocenters. The van der Waals surface area contributed by atoms with Crippen molar-refractivity contribution in [3.63, 3.8) is 0 Å². The minimum Gasteiger partial charge on any atom is -0.480 e. The summed E-state index contributed by atoms with van der Waals surface area (Å²) in [4.78, 5) is 10.5. The van der Waals surface area contributed by atoms with Crippen molar-refractivity contribution in [2.24, 2.45) is 5.73 Å². The second-order valence-corrected chi connectivity index (χ2v) is 5.73. The molecule has 1 unspecified atom stereocenters. The van der Waals surface area contributed by atoms with Gasteiger partial charge in [0.1, 0.15) is 6.04 Å². The fraction of sp³-hybridized carbons (Fsp3) is 0.909. The lowest BCUT2D eigenvalue weighted by Gasteiger charge is -2.21. The quantitative estimate of drug-likeness (QED) is 0.762. The number of thioether (sulfide) groups is 1. The normalized spacial score (nSPS) is 28.6. The predicted molar refractivity (Wildman–Crippen MR) is 65.0 cm³/mol. The molecule has 0 aromatic rings. The van der Waals surface area contributed by atoms with Crippen molar-refractivity contribution in [1.82, 2.24) is 0 Å². The molecule has 0 aromatic heterocycles. The summed E-state index contributed by atoms with van der Waals surface area (Å²) >= 11 is 1.52. The van der Waals surface area contributed by atoms with E-state index in [2.05, 4.69) is 0 Å². The summed E-state index contributed by atoms with van der Waals surface area (Å²) in [5.41, 5.74) is 5.42. The van der Waals surface area contributed by atoms with E-state index in [-0.39, 0.29) is 11.9 Å². The zero-order valence-electron chi connectivity index (χ0n) is 9.76. The van der Waals surface area contributed by atoms with Gasteiger partial charge in [-0.05, 0) is 12.8 Å². The summed E-state index contributed by atoms with van der Waals surface area (Å²) in [6.45, 7) is 0.620. The third-order valence-electron chi connectivity index (χ3n) is 3.20. The van der Waals surface area contributed by atoms with Crippen molar-refractivity contribution in [2.45, 2.75) is 43.6 Å². The van der Waals surface area contributed by atoms with Crippen LogP contribution >= 0.6 is 11.8 Å². The van der Waals surface area contributed by atoms with Crippen LogP contribution in [0.15, 0.2) is 0 Å². The van der Waals surface area contributed by atoms with Crippen molar-refractivity contribution >= 4 is 17.7 Å². The molecule has 0 radical (unpaired) electrons. The Hall–Kier alpha value is -0.300. The third kappa shape index (κ3) is 3.34. The lowest BCUT2D eigenvalue weighted by molar-refractivity contribution is -0.159. The zero-order valence-corrected chi connectivity index (χ0v) is 10.6. The highest BCUT2D eigenvalue weighted by Crippen LogP contribution is 2.39. The molecular weight excluding hydrogens is 242 g/mol. The highest BCUT2D eigenvalue weighted by molar-refractivity contribution is 7.99. The van der Waals surface area contributed by atoms with E-state index in [4.69, 9.17) is 20.3 Å². The largest absolute Gasteiger partial charge is 0.480 e. The number of hydrogen-bond donors (Lipinski definition) is 2. The lowest BCUT2D eigenvalue weighted by atomic mass is 10.2. The van der Waals surface area contributed by atoms with Crippen LogP contribution in [0.4, 0.5) is 0 Å². The Morgan fingerprint density at radius 3 is 2.88 bits per heavy atom. The summed E-state index contributed by atoms with van der Waals surface area (Å²) in [5, 5.41) is 8.65. The van der Waals surface area contributed by atoms with Crippen LogP contribution in [0.25, 0.3) is 0 Å². The van der Waals surface area contributed by atoms with E-state index in [1.807, 2.05) is 0 Å². The van der Waals surface area contributed by atoms with Gasteiger partial charge in [-0.1, -0.05) is 0 Å². The van der Waals surface area contributed by atoms with Gasteiger partial charge in [0.2, 0.25) is 0 Å². The molecule has 0 aromatic carbocycles. The number of aliphatic carboxylic acids is 1. The van der Waals surface area contributed by atoms with Crippen molar-refractivity contribution < 1.29 is 19.4 Å². The molecule has 2 rings (SSSR count). The van der Waals surface area contributed by atoms with Crippen LogP contribution in [0.5, 0.6) is 0 Å². The first-order valence-corrected chi connectivity index (χ1v) is 7.15. The number of nitrogens with two attached hydrogens (primary N) is 1. The second-order valence-electron chi connectivity index (χ2n) is 4.65. The number of carbonyl (C=O) groups is 1. The topological polar surface area (TPSA) is 81.8 Å². The summed E-state index contributed by atoms with van der Waals surface area (Å²) in [6.07, 6.45) is 4.40. The highest BCUT2D eigenvalue weighted by atomic mass is 32.2. The first-order valence-electron chi connectivity index (χ1n) is 5.99. The van der Waals surface area contributed by atoms with Gasteiger partial charge in [0.25, 0.3) is 0 Å². The van der Waals surface area contributed by atoms with Gasteiger partial charge in [-0.2, -0.15) is 11.8 Å². The third-order valence-corrected chi connectivity index (χ3v) is 4.40. The van der Waals surface area contributed by atoms with Gasteiger partial charge >= 0.3 is 5.97 Å². The maximum Gasteiger partial charge on any atom is 0.321 e. The van der Waals surface area contributed by atoms with Crippen molar-refractivity contribution in [3.8, 4) is 0 Å². The molecule has 1 aliphatic carbocycles. The van der Waals surface area contributed by atoms with Crippen LogP contribution in [0.2, 0.25) is 0 Å². The summed E-state index contributed by atoms with van der Waals surface area (Å²) in [6, 6.07) is -0.789. The Labute approximate surface area is 105 Å². The van der Waals surface area contributed by atoms with Gasteiger partial charge in [0.05, 0.1) is 12.7 Å². The Balaban J connectivity index is 1.66. The molecule has 17 heavy (non-hydrogen) atoms. The van der Waals surface area contributed by atoms with Crippen LogP contribution in [-0.2, 0) is 14.3 Å². The maximum absolute atomic E-state index is 10.5. The SMILES string of the molecule is N[C@@H](CSCC1COC2(CCCC2)O1)C(=O)O. The molecule has 5 nitrogen and oxygen atoms in total. The molecule has 98 valence electrons. The predicted octanol–water partition coefficient (Wildman–Crippen LogP) is 0.817.